The third kappa shape index (κ3) is 15.7. The summed E-state index contributed by atoms with van der Waals surface area (Å²) in [5.41, 5.74) is 0. The minimum absolute atomic E-state index is 0.128. The molecule has 0 amide bonds. The molecule has 0 aliphatic heterocycles. The highest BCUT2D eigenvalue weighted by Gasteiger charge is 2.25. The van der Waals surface area contributed by atoms with E-state index in [0.29, 0.717) is 0 Å². The number of carbonyl (C=O) groups is 2. The number of hydrogen-bond acceptors (Lipinski definition) is 6. The number of hydrogen-bond donors (Lipinski definition) is 3. The highest BCUT2D eigenvalue weighted by Crippen LogP contribution is 2.13. The Balaban J connectivity index is 3.40. The van der Waals surface area contributed by atoms with E-state index in [1.807, 2.05) is 0 Å². The Hall–Kier alpha value is -0.980. The molecule has 0 spiro atoms. The number of rotatable bonds is 19. The highest BCUT2D eigenvalue weighted by atomic mass is 16.5. The molecule has 0 unspecified atom stereocenters. The van der Waals surface area contributed by atoms with Crippen LogP contribution >= 0.6 is 0 Å². The smallest absolute Gasteiger partial charge is 0.305 e. The maximum absolute atomic E-state index is 11.6. The lowest BCUT2D eigenvalue weighted by atomic mass is 10.0. The van der Waals surface area contributed by atoms with Crippen molar-refractivity contribution in [3.63, 3.8) is 0 Å². The van der Waals surface area contributed by atoms with Crippen LogP contribution in [0.3, 0.4) is 0 Å². The van der Waals surface area contributed by atoms with Gasteiger partial charge in [0.05, 0.1) is 0 Å². The fourth-order valence-corrected chi connectivity index (χ4v) is 2.94. The second-order valence-electron chi connectivity index (χ2n) is 7.36. The van der Waals surface area contributed by atoms with E-state index in [0.717, 1.165) is 19.3 Å². The van der Waals surface area contributed by atoms with E-state index in [1.165, 1.54) is 64.2 Å². The van der Waals surface area contributed by atoms with Crippen LogP contribution in [0, 0.1) is 0 Å². The van der Waals surface area contributed by atoms with Crippen LogP contribution in [0.5, 0.6) is 0 Å². The molecule has 0 radical (unpaired) electrons. The van der Waals surface area contributed by atoms with E-state index in [9.17, 15) is 19.8 Å². The number of aldehydes is 1. The van der Waals surface area contributed by atoms with Crippen molar-refractivity contribution in [1.82, 2.24) is 0 Å². The largest absolute Gasteiger partial charge is 0.463 e. The average Bonchev–Trinajstić information content (AvgIpc) is 2.68. The Kier molecular flexibility index (Phi) is 17.7. The van der Waals surface area contributed by atoms with Gasteiger partial charge in [-0.15, -0.1) is 0 Å². The summed E-state index contributed by atoms with van der Waals surface area (Å²) in [7, 11) is 0. The fourth-order valence-electron chi connectivity index (χ4n) is 2.94. The molecule has 27 heavy (non-hydrogen) atoms. The van der Waals surface area contributed by atoms with Gasteiger partial charge in [-0.25, -0.2) is 0 Å². The molecule has 3 N–H and O–H groups in total. The summed E-state index contributed by atoms with van der Waals surface area (Å²) < 4.78 is 4.85. The van der Waals surface area contributed by atoms with E-state index >= 15 is 0 Å². The quantitative estimate of drug-likeness (QED) is 0.178. The van der Waals surface area contributed by atoms with Crippen LogP contribution in [0.1, 0.15) is 96.8 Å². The van der Waals surface area contributed by atoms with Gasteiger partial charge in [0, 0.05) is 6.42 Å². The van der Waals surface area contributed by atoms with Crippen molar-refractivity contribution in [3.8, 4) is 0 Å². The van der Waals surface area contributed by atoms with E-state index < -0.39 is 30.9 Å². The van der Waals surface area contributed by atoms with Gasteiger partial charge in [0.1, 0.15) is 24.9 Å². The van der Waals surface area contributed by atoms with Gasteiger partial charge in [0.15, 0.2) is 6.29 Å². The van der Waals surface area contributed by atoms with Gasteiger partial charge < -0.3 is 24.9 Å². The second kappa shape index (κ2) is 18.4. The predicted molar refractivity (Wildman–Crippen MR) is 105 cm³/mol. The van der Waals surface area contributed by atoms with Crippen LogP contribution in [0.25, 0.3) is 0 Å². The first kappa shape index (κ1) is 26.0. The van der Waals surface area contributed by atoms with Crippen molar-refractivity contribution in [1.29, 1.82) is 0 Å². The number of ether oxygens (including phenoxy) is 1. The normalized spacial score (nSPS) is 14.5. The molecule has 3 atom stereocenters. The maximum Gasteiger partial charge on any atom is 0.305 e. The molecular weight excluding hydrogens is 348 g/mol. The standard InChI is InChI=1S/C21H40O6/c1-2-3-4-5-6-7-8-9-10-11-12-13-14-15-20(25)27-17-19(24)21(26)18(23)16-22/h16,18-19,21,23-24,26H,2-15,17H2,1H3/t18-,19-,21+/m1/s1. The Morgan fingerprint density at radius 3 is 1.70 bits per heavy atom. The summed E-state index contributed by atoms with van der Waals surface area (Å²) in [6.45, 7) is 1.81. The van der Waals surface area contributed by atoms with Crippen molar-refractivity contribution in [2.75, 3.05) is 6.61 Å². The van der Waals surface area contributed by atoms with Gasteiger partial charge in [0.25, 0.3) is 0 Å². The summed E-state index contributed by atoms with van der Waals surface area (Å²) in [4.78, 5) is 21.9. The Labute approximate surface area is 164 Å². The van der Waals surface area contributed by atoms with Gasteiger partial charge in [-0.1, -0.05) is 84.0 Å². The lowest BCUT2D eigenvalue weighted by Gasteiger charge is -2.19. The van der Waals surface area contributed by atoms with Crippen LogP contribution in [-0.4, -0.2) is 52.5 Å². The predicted octanol–water partition coefficient (Wildman–Crippen LogP) is 3.29. The van der Waals surface area contributed by atoms with E-state index in [-0.39, 0.29) is 12.7 Å². The van der Waals surface area contributed by atoms with Gasteiger partial charge in [-0.05, 0) is 6.42 Å². The molecule has 0 bridgehead atoms. The molecular formula is C21H40O6. The summed E-state index contributed by atoms with van der Waals surface area (Å²) in [6.07, 6.45) is 11.6. The maximum atomic E-state index is 11.6. The van der Waals surface area contributed by atoms with Gasteiger partial charge in [-0.3, -0.25) is 4.79 Å². The Bertz CT molecular complexity index is 361. The minimum atomic E-state index is -1.68. The Morgan fingerprint density at radius 2 is 1.26 bits per heavy atom. The molecule has 0 aromatic heterocycles. The van der Waals surface area contributed by atoms with Gasteiger partial charge in [0.2, 0.25) is 0 Å². The van der Waals surface area contributed by atoms with Crippen molar-refractivity contribution in [3.05, 3.63) is 0 Å². The van der Waals surface area contributed by atoms with E-state index in [4.69, 9.17) is 9.84 Å². The van der Waals surface area contributed by atoms with E-state index in [1.54, 1.807) is 0 Å². The third-order valence-corrected chi connectivity index (χ3v) is 4.78. The zero-order valence-corrected chi connectivity index (χ0v) is 17.0. The highest BCUT2D eigenvalue weighted by molar-refractivity contribution is 5.69. The van der Waals surface area contributed by atoms with Gasteiger partial charge >= 0.3 is 5.97 Å². The molecule has 160 valence electrons. The summed E-state index contributed by atoms with van der Waals surface area (Å²) in [5, 5.41) is 28.0. The van der Waals surface area contributed by atoms with Crippen LogP contribution in [0.2, 0.25) is 0 Å². The zero-order chi connectivity index (χ0) is 20.3. The average molecular weight is 389 g/mol. The third-order valence-electron chi connectivity index (χ3n) is 4.78. The van der Waals surface area contributed by atoms with Crippen LogP contribution in [-0.2, 0) is 14.3 Å². The SMILES string of the molecule is CCCCCCCCCCCCCCCC(=O)OC[C@@H](O)[C@@H](O)[C@H](O)C=O. The molecule has 0 fully saturated rings. The monoisotopic (exact) mass is 388 g/mol. The van der Waals surface area contributed by atoms with Crippen LogP contribution in [0.15, 0.2) is 0 Å². The number of carbonyl (C=O) groups excluding carboxylic acids is 2. The van der Waals surface area contributed by atoms with E-state index in [2.05, 4.69) is 6.92 Å². The molecule has 0 aromatic carbocycles. The lowest BCUT2D eigenvalue weighted by molar-refractivity contribution is -0.152. The van der Waals surface area contributed by atoms with Crippen LogP contribution in [0.4, 0.5) is 0 Å². The lowest BCUT2D eigenvalue weighted by Crippen LogP contribution is -2.41. The topological polar surface area (TPSA) is 104 Å². The first-order chi connectivity index (χ1) is 13.0. The summed E-state index contributed by atoms with van der Waals surface area (Å²) >= 11 is 0. The van der Waals surface area contributed by atoms with Gasteiger partial charge in [-0.2, -0.15) is 0 Å². The summed E-state index contributed by atoms with van der Waals surface area (Å²) in [5.74, 6) is -0.440. The first-order valence-corrected chi connectivity index (χ1v) is 10.7. The molecule has 0 rings (SSSR count). The fraction of sp³-hybridized carbons (Fsp3) is 0.905. The molecule has 6 nitrogen and oxygen atoms in total. The van der Waals surface area contributed by atoms with Crippen LogP contribution < -0.4 is 0 Å². The number of aliphatic hydroxyl groups excluding tert-OH is 3. The van der Waals surface area contributed by atoms with Crippen molar-refractivity contribution < 1.29 is 29.6 Å². The zero-order valence-electron chi connectivity index (χ0n) is 17.0. The number of unbranched alkanes of at least 4 members (excludes halogenated alkanes) is 12. The number of esters is 1. The number of aliphatic hydroxyl groups is 3. The molecule has 0 aromatic rings. The molecule has 0 aliphatic rings. The first-order valence-electron chi connectivity index (χ1n) is 10.7. The van der Waals surface area contributed by atoms with Crippen molar-refractivity contribution in [2.45, 2.75) is 115 Å². The van der Waals surface area contributed by atoms with Crippen molar-refractivity contribution in [2.24, 2.45) is 0 Å². The molecule has 6 heteroatoms. The minimum Gasteiger partial charge on any atom is -0.463 e. The van der Waals surface area contributed by atoms with Crippen molar-refractivity contribution >= 4 is 12.3 Å². The molecule has 0 saturated carbocycles. The molecule has 0 saturated heterocycles. The summed E-state index contributed by atoms with van der Waals surface area (Å²) in [6, 6.07) is 0. The molecule has 0 aliphatic carbocycles. The second-order valence-corrected chi connectivity index (χ2v) is 7.36. The Morgan fingerprint density at radius 1 is 0.815 bits per heavy atom. The molecule has 0 heterocycles.